The van der Waals surface area contributed by atoms with Crippen LogP contribution in [-0.4, -0.2) is 40.8 Å². The van der Waals surface area contributed by atoms with Gasteiger partial charge in [-0.15, -0.1) is 0 Å². The summed E-state index contributed by atoms with van der Waals surface area (Å²) < 4.78 is 66.5. The Morgan fingerprint density at radius 1 is 0.704 bits per heavy atom. The zero-order valence-corrected chi connectivity index (χ0v) is 17.1. The van der Waals surface area contributed by atoms with Crippen molar-refractivity contribution in [2.75, 3.05) is 23.9 Å². The van der Waals surface area contributed by atoms with Crippen LogP contribution in [0.1, 0.15) is 20.8 Å². The van der Waals surface area contributed by atoms with E-state index in [1.54, 1.807) is 20.8 Å². The summed E-state index contributed by atoms with van der Waals surface area (Å²) in [4.78, 5) is 0.00199. The monoisotopic (exact) mass is 414 g/mol. The molecule has 0 spiro atoms. The highest BCUT2D eigenvalue weighted by Gasteiger charge is 2.26. The summed E-state index contributed by atoms with van der Waals surface area (Å²) in [7, 11) is -7.57. The summed E-state index contributed by atoms with van der Waals surface area (Å²) in [5, 5.41) is 0. The summed E-state index contributed by atoms with van der Waals surface area (Å²) in [6, 6.07) is 10.3. The lowest BCUT2D eigenvalue weighted by Crippen LogP contribution is -2.31. The molecule has 0 aliphatic rings. The molecule has 0 fully saturated rings. The van der Waals surface area contributed by atoms with Crippen LogP contribution in [0, 0.1) is 5.82 Å². The van der Waals surface area contributed by atoms with Gasteiger partial charge in [-0.1, -0.05) is 13.8 Å². The summed E-state index contributed by atoms with van der Waals surface area (Å²) in [6.45, 7) is 5.94. The maximum Gasteiger partial charge on any atom is 0.264 e. The van der Waals surface area contributed by atoms with Crippen LogP contribution in [0.25, 0.3) is 0 Å². The van der Waals surface area contributed by atoms with Gasteiger partial charge in [-0.25, -0.2) is 21.2 Å². The fourth-order valence-electron chi connectivity index (χ4n) is 2.72. The third-order valence-corrected chi connectivity index (χ3v) is 8.14. The van der Waals surface area contributed by atoms with E-state index < -0.39 is 25.9 Å². The number of rotatable bonds is 8. The molecule has 0 aromatic heterocycles. The van der Waals surface area contributed by atoms with Gasteiger partial charge in [0, 0.05) is 19.6 Å². The van der Waals surface area contributed by atoms with Crippen LogP contribution in [0.5, 0.6) is 0 Å². The minimum Gasteiger partial charge on any atom is -0.267 e. The Labute approximate surface area is 160 Å². The van der Waals surface area contributed by atoms with Gasteiger partial charge in [0.2, 0.25) is 10.0 Å². The first-order valence-electron chi connectivity index (χ1n) is 8.57. The van der Waals surface area contributed by atoms with Crippen molar-refractivity contribution in [3.63, 3.8) is 0 Å². The molecule has 0 N–H and O–H groups in total. The topological polar surface area (TPSA) is 74.8 Å². The molecule has 0 saturated carbocycles. The minimum atomic E-state index is -3.91. The molecule has 0 unspecified atom stereocenters. The molecule has 2 aromatic rings. The second-order valence-corrected chi connectivity index (χ2v) is 9.51. The van der Waals surface area contributed by atoms with E-state index >= 15 is 0 Å². The summed E-state index contributed by atoms with van der Waals surface area (Å²) in [5.74, 6) is -0.460. The predicted octanol–water partition coefficient (Wildman–Crippen LogP) is 3.07. The van der Waals surface area contributed by atoms with Gasteiger partial charge in [0.25, 0.3) is 10.0 Å². The lowest BCUT2D eigenvalue weighted by atomic mass is 10.3. The van der Waals surface area contributed by atoms with E-state index in [0.29, 0.717) is 18.8 Å². The van der Waals surface area contributed by atoms with Crippen LogP contribution in [0.3, 0.4) is 0 Å². The number of nitrogens with zero attached hydrogens (tertiary/aromatic N) is 2. The number of halogens is 1. The first-order valence-corrected chi connectivity index (χ1v) is 11.4. The zero-order valence-electron chi connectivity index (χ0n) is 15.5. The first kappa shape index (κ1) is 21.3. The van der Waals surface area contributed by atoms with Crippen LogP contribution in [0.4, 0.5) is 10.1 Å². The lowest BCUT2D eigenvalue weighted by Gasteiger charge is -2.23. The Bertz CT molecular complexity index is 969. The van der Waals surface area contributed by atoms with Gasteiger partial charge in [0.05, 0.1) is 15.5 Å². The molecule has 0 bridgehead atoms. The number of benzene rings is 2. The van der Waals surface area contributed by atoms with Crippen molar-refractivity contribution < 1.29 is 21.2 Å². The van der Waals surface area contributed by atoms with E-state index in [1.165, 1.54) is 52.8 Å². The largest absolute Gasteiger partial charge is 0.267 e. The van der Waals surface area contributed by atoms with Crippen molar-refractivity contribution in [2.45, 2.75) is 30.6 Å². The predicted molar refractivity (Wildman–Crippen MR) is 103 cm³/mol. The summed E-state index contributed by atoms with van der Waals surface area (Å²) in [6.07, 6.45) is 0. The highest BCUT2D eigenvalue weighted by molar-refractivity contribution is 7.92. The molecule has 9 heteroatoms. The number of hydrogen-bond acceptors (Lipinski definition) is 4. The Kier molecular flexibility index (Phi) is 6.61. The highest BCUT2D eigenvalue weighted by Crippen LogP contribution is 2.25. The van der Waals surface area contributed by atoms with Gasteiger partial charge in [-0.05, 0) is 55.5 Å². The van der Waals surface area contributed by atoms with Crippen LogP contribution in [0.2, 0.25) is 0 Å². The average molecular weight is 415 g/mol. The molecule has 0 atom stereocenters. The maximum atomic E-state index is 13.1. The van der Waals surface area contributed by atoms with E-state index in [-0.39, 0.29) is 16.3 Å². The molecule has 0 aliphatic heterocycles. The number of anilines is 1. The Morgan fingerprint density at radius 3 is 1.56 bits per heavy atom. The van der Waals surface area contributed by atoms with Crippen molar-refractivity contribution in [3.05, 3.63) is 54.3 Å². The smallest absolute Gasteiger partial charge is 0.264 e. The van der Waals surface area contributed by atoms with Crippen LogP contribution in [0.15, 0.2) is 58.3 Å². The Balaban J connectivity index is 2.41. The van der Waals surface area contributed by atoms with E-state index in [4.69, 9.17) is 0 Å². The molecule has 0 amide bonds. The SMILES string of the molecule is CCN(CC)S(=O)(=O)c1ccc(S(=O)(=O)N(CC)c2ccc(F)cc2)cc1. The highest BCUT2D eigenvalue weighted by atomic mass is 32.2. The lowest BCUT2D eigenvalue weighted by molar-refractivity contribution is 0.445. The number of sulfonamides is 2. The standard InChI is InChI=1S/C18H23FN2O4S2/c1-4-20(5-2)26(22,23)17-11-13-18(14-12-17)27(24,25)21(6-3)16-9-7-15(19)8-10-16/h7-14H,4-6H2,1-3H3. The fourth-order valence-corrected chi connectivity index (χ4v) is 5.65. The van der Waals surface area contributed by atoms with Crippen molar-refractivity contribution >= 4 is 25.7 Å². The Hall–Kier alpha value is -1.97. The second kappa shape index (κ2) is 8.37. The van der Waals surface area contributed by atoms with Gasteiger partial charge >= 0.3 is 0 Å². The van der Waals surface area contributed by atoms with E-state index in [9.17, 15) is 21.2 Å². The quantitative estimate of drug-likeness (QED) is 0.665. The molecule has 27 heavy (non-hydrogen) atoms. The van der Waals surface area contributed by atoms with Gasteiger partial charge in [-0.3, -0.25) is 4.31 Å². The van der Waals surface area contributed by atoms with Crippen molar-refractivity contribution in [1.82, 2.24) is 4.31 Å². The Morgan fingerprint density at radius 2 is 1.15 bits per heavy atom. The van der Waals surface area contributed by atoms with Crippen molar-refractivity contribution in [1.29, 1.82) is 0 Å². The number of hydrogen-bond donors (Lipinski definition) is 0. The second-order valence-electron chi connectivity index (χ2n) is 5.71. The summed E-state index contributed by atoms with van der Waals surface area (Å²) >= 11 is 0. The maximum absolute atomic E-state index is 13.1. The van der Waals surface area contributed by atoms with Crippen LogP contribution in [-0.2, 0) is 20.0 Å². The average Bonchev–Trinajstić information content (AvgIpc) is 2.64. The summed E-state index contributed by atoms with van der Waals surface area (Å²) in [5.41, 5.74) is 0.332. The molecular weight excluding hydrogens is 391 g/mol. The molecule has 148 valence electrons. The normalized spacial score (nSPS) is 12.3. The van der Waals surface area contributed by atoms with Gasteiger partial charge in [-0.2, -0.15) is 4.31 Å². The van der Waals surface area contributed by atoms with E-state index in [1.807, 2.05) is 0 Å². The molecular formula is C18H23FN2O4S2. The third-order valence-electron chi connectivity index (χ3n) is 4.16. The fraction of sp³-hybridized carbons (Fsp3) is 0.333. The molecule has 2 aromatic carbocycles. The molecule has 0 aliphatic carbocycles. The molecule has 6 nitrogen and oxygen atoms in total. The van der Waals surface area contributed by atoms with E-state index in [2.05, 4.69) is 0 Å². The molecule has 0 heterocycles. The third kappa shape index (κ3) is 4.31. The molecule has 2 rings (SSSR count). The minimum absolute atomic E-state index is 0.0350. The molecule has 0 radical (unpaired) electrons. The van der Waals surface area contributed by atoms with Gasteiger partial charge in [0.1, 0.15) is 5.82 Å². The molecule has 0 saturated heterocycles. The first-order chi connectivity index (χ1) is 12.7. The van der Waals surface area contributed by atoms with Gasteiger partial charge < -0.3 is 0 Å². The van der Waals surface area contributed by atoms with Crippen molar-refractivity contribution in [3.8, 4) is 0 Å². The van der Waals surface area contributed by atoms with Crippen molar-refractivity contribution in [2.24, 2.45) is 0 Å². The van der Waals surface area contributed by atoms with Gasteiger partial charge in [0.15, 0.2) is 0 Å². The van der Waals surface area contributed by atoms with E-state index in [0.717, 1.165) is 4.31 Å². The zero-order chi connectivity index (χ0) is 20.2. The van der Waals surface area contributed by atoms with Crippen LogP contribution < -0.4 is 4.31 Å². The van der Waals surface area contributed by atoms with Crippen LogP contribution >= 0.6 is 0 Å².